The lowest BCUT2D eigenvalue weighted by atomic mass is 9.84. The number of anilines is 1. The number of nitrogens with two attached hydrogens (primary N) is 1. The van der Waals surface area contributed by atoms with E-state index in [1.165, 1.54) is 6.42 Å². The van der Waals surface area contributed by atoms with Gasteiger partial charge in [-0.1, -0.05) is 6.07 Å². The fraction of sp³-hybridized carbons (Fsp3) is 0.688. The molecule has 0 aromatic carbocycles. The van der Waals surface area contributed by atoms with E-state index < -0.39 is 7.12 Å². The van der Waals surface area contributed by atoms with Gasteiger partial charge in [0.15, 0.2) is 0 Å². The van der Waals surface area contributed by atoms with E-state index in [4.69, 9.17) is 20.0 Å². The molecule has 0 unspecified atom stereocenters. The Morgan fingerprint density at radius 3 is 2.50 bits per heavy atom. The van der Waals surface area contributed by atoms with Crippen LogP contribution in [0, 0.1) is 0 Å². The third-order valence-corrected chi connectivity index (χ3v) is 5.09. The molecule has 120 valence electrons. The third kappa shape index (κ3) is 2.75. The summed E-state index contributed by atoms with van der Waals surface area (Å²) in [6, 6.07) is 5.98. The van der Waals surface area contributed by atoms with Crippen molar-refractivity contribution in [1.82, 2.24) is 4.98 Å². The minimum absolute atomic E-state index is 0.0507. The van der Waals surface area contributed by atoms with Gasteiger partial charge in [0.25, 0.3) is 0 Å². The Labute approximate surface area is 133 Å². The zero-order valence-corrected chi connectivity index (χ0v) is 14.0. The monoisotopic (exact) mass is 303 g/mol. The van der Waals surface area contributed by atoms with Crippen molar-refractivity contribution in [3.63, 3.8) is 0 Å². The summed E-state index contributed by atoms with van der Waals surface area (Å²) in [6.45, 7) is 9.17. The average Bonchev–Trinajstić information content (AvgIpc) is 2.68. The van der Waals surface area contributed by atoms with Gasteiger partial charge in [0.2, 0.25) is 0 Å². The van der Waals surface area contributed by atoms with Crippen LogP contribution >= 0.6 is 0 Å². The highest BCUT2D eigenvalue weighted by Crippen LogP contribution is 2.36. The SMILES string of the molecule is CC1(C)OB(c2cccc(N3CCCC[C@H]3N)n2)OC1(C)C. The molecule has 3 rings (SSSR count). The first-order valence-corrected chi connectivity index (χ1v) is 8.15. The summed E-state index contributed by atoms with van der Waals surface area (Å²) < 4.78 is 12.2. The first-order chi connectivity index (χ1) is 10.3. The average molecular weight is 303 g/mol. The second-order valence-electron chi connectivity index (χ2n) is 7.27. The summed E-state index contributed by atoms with van der Waals surface area (Å²) in [5.74, 6) is 0.916. The molecule has 2 fully saturated rings. The molecule has 22 heavy (non-hydrogen) atoms. The summed E-state index contributed by atoms with van der Waals surface area (Å²) in [5.41, 5.74) is 6.34. The second-order valence-corrected chi connectivity index (χ2v) is 7.27. The molecule has 0 amide bonds. The smallest absolute Gasteiger partial charge is 0.398 e. The van der Waals surface area contributed by atoms with Gasteiger partial charge in [-0.3, -0.25) is 0 Å². The van der Waals surface area contributed by atoms with E-state index in [9.17, 15) is 0 Å². The van der Waals surface area contributed by atoms with Gasteiger partial charge in [0.1, 0.15) is 5.82 Å². The van der Waals surface area contributed by atoms with Crippen molar-refractivity contribution in [3.8, 4) is 0 Å². The van der Waals surface area contributed by atoms with Gasteiger partial charge in [-0.15, -0.1) is 0 Å². The molecule has 2 aliphatic heterocycles. The van der Waals surface area contributed by atoms with Crippen molar-refractivity contribution < 1.29 is 9.31 Å². The highest BCUT2D eigenvalue weighted by Gasteiger charge is 2.52. The maximum atomic E-state index is 6.22. The lowest BCUT2D eigenvalue weighted by Crippen LogP contribution is -2.47. The molecule has 0 saturated carbocycles. The molecule has 0 bridgehead atoms. The van der Waals surface area contributed by atoms with Crippen molar-refractivity contribution >= 4 is 18.5 Å². The summed E-state index contributed by atoms with van der Waals surface area (Å²) >= 11 is 0. The number of nitrogens with zero attached hydrogens (tertiary/aromatic N) is 2. The van der Waals surface area contributed by atoms with Gasteiger partial charge in [-0.05, 0) is 59.1 Å². The van der Waals surface area contributed by atoms with E-state index in [1.54, 1.807) is 0 Å². The third-order valence-electron chi connectivity index (χ3n) is 5.09. The van der Waals surface area contributed by atoms with Crippen LogP contribution in [0.25, 0.3) is 0 Å². The molecule has 3 heterocycles. The molecular formula is C16H26BN3O2. The van der Waals surface area contributed by atoms with Crippen molar-refractivity contribution in [2.75, 3.05) is 11.4 Å². The summed E-state index contributed by atoms with van der Waals surface area (Å²) in [4.78, 5) is 6.93. The lowest BCUT2D eigenvalue weighted by molar-refractivity contribution is 0.00578. The molecule has 1 aromatic heterocycles. The quantitative estimate of drug-likeness (QED) is 0.842. The fourth-order valence-corrected chi connectivity index (χ4v) is 2.94. The Morgan fingerprint density at radius 2 is 1.86 bits per heavy atom. The summed E-state index contributed by atoms with van der Waals surface area (Å²) in [7, 11) is -0.425. The molecule has 2 saturated heterocycles. The largest absolute Gasteiger partial charge is 0.514 e. The minimum atomic E-state index is -0.425. The fourth-order valence-electron chi connectivity index (χ4n) is 2.94. The number of hydrogen-bond acceptors (Lipinski definition) is 5. The van der Waals surface area contributed by atoms with Gasteiger partial charge < -0.3 is 19.9 Å². The molecule has 2 aliphatic rings. The van der Waals surface area contributed by atoms with E-state index in [2.05, 4.69) is 32.6 Å². The van der Waals surface area contributed by atoms with Gasteiger partial charge in [-0.2, -0.15) is 0 Å². The molecule has 2 N–H and O–H groups in total. The Hall–Kier alpha value is -1.11. The van der Waals surface area contributed by atoms with Crippen molar-refractivity contribution in [1.29, 1.82) is 0 Å². The Morgan fingerprint density at radius 1 is 1.18 bits per heavy atom. The molecule has 1 atom stereocenters. The topological polar surface area (TPSA) is 60.6 Å². The highest BCUT2D eigenvalue weighted by molar-refractivity contribution is 6.61. The zero-order chi connectivity index (χ0) is 16.0. The molecular weight excluding hydrogens is 277 g/mol. The number of aromatic nitrogens is 1. The Bertz CT molecular complexity index is 534. The standard InChI is InChI=1S/C16H26BN3O2/c1-15(2)16(3,4)22-17(21-15)12-8-7-10-14(19-12)20-11-6-5-9-13(20)18/h7-8,10,13H,5-6,9,11,18H2,1-4H3/t13-/m0/s1. The molecule has 1 aromatic rings. The minimum Gasteiger partial charge on any atom is -0.398 e. The highest BCUT2D eigenvalue weighted by atomic mass is 16.7. The predicted octanol–water partition coefficient (Wildman–Crippen LogP) is 1.66. The van der Waals surface area contributed by atoms with Crippen molar-refractivity contribution in [2.45, 2.75) is 64.3 Å². The molecule has 6 heteroatoms. The number of piperidine rings is 1. The Balaban J connectivity index is 1.83. The lowest BCUT2D eigenvalue weighted by Gasteiger charge is -2.34. The first kappa shape index (κ1) is 15.8. The van der Waals surface area contributed by atoms with Crippen LogP contribution in [0.2, 0.25) is 0 Å². The van der Waals surface area contributed by atoms with Crippen LogP contribution in [-0.4, -0.2) is 36.0 Å². The van der Waals surface area contributed by atoms with Gasteiger partial charge in [-0.25, -0.2) is 4.98 Å². The van der Waals surface area contributed by atoms with Crippen molar-refractivity contribution in [3.05, 3.63) is 18.2 Å². The summed E-state index contributed by atoms with van der Waals surface area (Å²) in [6.07, 6.45) is 3.42. The van der Waals surface area contributed by atoms with Gasteiger partial charge in [0, 0.05) is 6.54 Å². The summed E-state index contributed by atoms with van der Waals surface area (Å²) in [5, 5.41) is 0. The van der Waals surface area contributed by atoms with Crippen LogP contribution in [0.5, 0.6) is 0 Å². The second kappa shape index (κ2) is 5.51. The Kier molecular flexibility index (Phi) is 3.95. The van der Waals surface area contributed by atoms with E-state index in [0.29, 0.717) is 0 Å². The van der Waals surface area contributed by atoms with Gasteiger partial charge in [0.05, 0.1) is 23.0 Å². The van der Waals surface area contributed by atoms with Crippen LogP contribution in [0.15, 0.2) is 18.2 Å². The van der Waals surface area contributed by atoms with E-state index in [1.807, 2.05) is 18.2 Å². The molecule has 0 spiro atoms. The van der Waals surface area contributed by atoms with E-state index in [-0.39, 0.29) is 17.4 Å². The first-order valence-electron chi connectivity index (χ1n) is 8.15. The maximum absolute atomic E-state index is 6.22. The van der Waals surface area contributed by atoms with E-state index in [0.717, 1.165) is 30.8 Å². The van der Waals surface area contributed by atoms with Crippen LogP contribution < -0.4 is 16.2 Å². The van der Waals surface area contributed by atoms with Crippen LogP contribution in [-0.2, 0) is 9.31 Å². The molecule has 0 aliphatic carbocycles. The van der Waals surface area contributed by atoms with Crippen LogP contribution in [0.4, 0.5) is 5.82 Å². The van der Waals surface area contributed by atoms with E-state index >= 15 is 0 Å². The number of hydrogen-bond donors (Lipinski definition) is 1. The van der Waals surface area contributed by atoms with Crippen LogP contribution in [0.1, 0.15) is 47.0 Å². The maximum Gasteiger partial charge on any atom is 0.514 e. The zero-order valence-electron chi connectivity index (χ0n) is 14.0. The number of pyridine rings is 1. The molecule has 5 nitrogen and oxygen atoms in total. The molecule has 0 radical (unpaired) electrons. The predicted molar refractivity (Wildman–Crippen MR) is 89.1 cm³/mol. The normalized spacial score (nSPS) is 27.2. The van der Waals surface area contributed by atoms with Gasteiger partial charge >= 0.3 is 7.12 Å². The van der Waals surface area contributed by atoms with Crippen molar-refractivity contribution in [2.24, 2.45) is 5.73 Å². The van der Waals surface area contributed by atoms with Crippen LogP contribution in [0.3, 0.4) is 0 Å². The number of rotatable bonds is 2.